The first-order valence-corrected chi connectivity index (χ1v) is 7.91. The van der Waals surface area contributed by atoms with Crippen LogP contribution >= 0.6 is 11.6 Å². The molecule has 6 nitrogen and oxygen atoms in total. The Morgan fingerprint density at radius 2 is 1.88 bits per heavy atom. The SMILES string of the molecule is O=C(COC(=O)c1ccc(Cl)nc1)NCCc1ccc(OC(F)F)cc1. The highest BCUT2D eigenvalue weighted by atomic mass is 35.5. The summed E-state index contributed by atoms with van der Waals surface area (Å²) in [6.07, 6.45) is 1.74. The minimum atomic E-state index is -2.87. The van der Waals surface area contributed by atoms with E-state index in [1.807, 2.05) is 0 Å². The fraction of sp³-hybridized carbons (Fsp3) is 0.235. The van der Waals surface area contributed by atoms with Crippen molar-refractivity contribution in [2.45, 2.75) is 13.0 Å². The van der Waals surface area contributed by atoms with E-state index in [1.165, 1.54) is 30.5 Å². The molecule has 2 aromatic rings. The Morgan fingerprint density at radius 3 is 2.50 bits per heavy atom. The van der Waals surface area contributed by atoms with Gasteiger partial charge in [-0.2, -0.15) is 8.78 Å². The lowest BCUT2D eigenvalue weighted by Crippen LogP contribution is -2.30. The van der Waals surface area contributed by atoms with Crippen molar-refractivity contribution in [3.63, 3.8) is 0 Å². The molecule has 9 heteroatoms. The van der Waals surface area contributed by atoms with Gasteiger partial charge in [-0.15, -0.1) is 0 Å². The smallest absolute Gasteiger partial charge is 0.387 e. The number of ether oxygens (including phenoxy) is 2. The molecule has 1 heterocycles. The van der Waals surface area contributed by atoms with Crippen LogP contribution in [-0.4, -0.2) is 36.6 Å². The van der Waals surface area contributed by atoms with Gasteiger partial charge < -0.3 is 14.8 Å². The summed E-state index contributed by atoms with van der Waals surface area (Å²) >= 11 is 5.61. The molecular weight excluding hydrogens is 370 g/mol. The van der Waals surface area contributed by atoms with Crippen molar-refractivity contribution >= 4 is 23.5 Å². The number of hydrogen-bond donors (Lipinski definition) is 1. The molecule has 0 aliphatic carbocycles. The summed E-state index contributed by atoms with van der Waals surface area (Å²) in [5, 5.41) is 2.83. The highest BCUT2D eigenvalue weighted by molar-refractivity contribution is 6.29. The summed E-state index contributed by atoms with van der Waals surface area (Å²) in [7, 11) is 0. The van der Waals surface area contributed by atoms with Crippen molar-refractivity contribution in [1.82, 2.24) is 10.3 Å². The largest absolute Gasteiger partial charge is 0.452 e. The highest BCUT2D eigenvalue weighted by Crippen LogP contribution is 2.15. The topological polar surface area (TPSA) is 77.5 Å². The molecule has 0 saturated heterocycles. The fourth-order valence-electron chi connectivity index (χ4n) is 1.95. The maximum absolute atomic E-state index is 12.1. The molecule has 1 aromatic heterocycles. The number of nitrogens with one attached hydrogen (secondary N) is 1. The lowest BCUT2D eigenvalue weighted by atomic mass is 10.1. The summed E-state index contributed by atoms with van der Waals surface area (Å²) in [5.74, 6) is -1.08. The summed E-state index contributed by atoms with van der Waals surface area (Å²) in [5.41, 5.74) is 1.02. The minimum absolute atomic E-state index is 0.0661. The number of rotatable bonds is 8. The van der Waals surface area contributed by atoms with E-state index in [2.05, 4.69) is 15.0 Å². The molecule has 0 atom stereocenters. The van der Waals surface area contributed by atoms with Crippen LogP contribution in [0.1, 0.15) is 15.9 Å². The second-order valence-corrected chi connectivity index (χ2v) is 5.46. The molecule has 26 heavy (non-hydrogen) atoms. The average molecular weight is 385 g/mol. The molecule has 2 rings (SSSR count). The zero-order valence-electron chi connectivity index (χ0n) is 13.5. The first-order chi connectivity index (χ1) is 12.4. The number of esters is 1. The van der Waals surface area contributed by atoms with Crippen LogP contribution in [0.2, 0.25) is 5.15 Å². The van der Waals surface area contributed by atoms with Crippen molar-refractivity contribution in [3.8, 4) is 5.75 Å². The number of nitrogens with zero attached hydrogens (tertiary/aromatic N) is 1. The minimum Gasteiger partial charge on any atom is -0.452 e. The van der Waals surface area contributed by atoms with E-state index in [-0.39, 0.29) is 16.5 Å². The number of alkyl halides is 2. The van der Waals surface area contributed by atoms with E-state index in [1.54, 1.807) is 12.1 Å². The van der Waals surface area contributed by atoms with E-state index in [0.717, 1.165) is 5.56 Å². The molecule has 1 amide bonds. The van der Waals surface area contributed by atoms with Crippen molar-refractivity contribution in [2.75, 3.05) is 13.2 Å². The van der Waals surface area contributed by atoms with Gasteiger partial charge in [-0.05, 0) is 36.2 Å². The van der Waals surface area contributed by atoms with Crippen molar-refractivity contribution in [3.05, 3.63) is 58.9 Å². The normalized spacial score (nSPS) is 10.5. The van der Waals surface area contributed by atoms with Crippen LogP contribution in [-0.2, 0) is 16.0 Å². The highest BCUT2D eigenvalue weighted by Gasteiger charge is 2.10. The van der Waals surface area contributed by atoms with E-state index in [9.17, 15) is 18.4 Å². The quantitative estimate of drug-likeness (QED) is 0.559. The number of carbonyl (C=O) groups excluding carboxylic acids is 2. The summed E-state index contributed by atoms with van der Waals surface area (Å²) < 4.78 is 33.2. The van der Waals surface area contributed by atoms with E-state index in [0.29, 0.717) is 13.0 Å². The van der Waals surface area contributed by atoms with E-state index < -0.39 is 25.1 Å². The zero-order chi connectivity index (χ0) is 18.9. The summed E-state index contributed by atoms with van der Waals surface area (Å²) in [6, 6.07) is 8.97. The number of hydrogen-bond acceptors (Lipinski definition) is 5. The average Bonchev–Trinajstić information content (AvgIpc) is 2.61. The van der Waals surface area contributed by atoms with Gasteiger partial charge in [-0.1, -0.05) is 23.7 Å². The Balaban J connectivity index is 1.68. The predicted molar refractivity (Wildman–Crippen MR) is 89.3 cm³/mol. The van der Waals surface area contributed by atoms with Crippen molar-refractivity contribution in [2.24, 2.45) is 0 Å². The molecule has 0 radical (unpaired) electrons. The third-order valence-corrected chi connectivity index (χ3v) is 3.41. The molecule has 0 spiro atoms. The van der Waals surface area contributed by atoms with Crippen LogP contribution in [0.15, 0.2) is 42.6 Å². The summed E-state index contributed by atoms with van der Waals surface area (Å²) in [6.45, 7) is -3.00. The summed E-state index contributed by atoms with van der Waals surface area (Å²) in [4.78, 5) is 27.1. The lowest BCUT2D eigenvalue weighted by molar-refractivity contribution is -0.124. The first-order valence-electron chi connectivity index (χ1n) is 7.53. The van der Waals surface area contributed by atoms with Gasteiger partial charge >= 0.3 is 12.6 Å². The molecule has 138 valence electrons. The Labute approximate surface area is 153 Å². The van der Waals surface area contributed by atoms with Gasteiger partial charge in [-0.3, -0.25) is 4.79 Å². The molecular formula is C17H15ClF2N2O4. The Kier molecular flexibility index (Phi) is 7.28. The van der Waals surface area contributed by atoms with Crippen molar-refractivity contribution < 1.29 is 27.8 Å². The third-order valence-electron chi connectivity index (χ3n) is 3.18. The van der Waals surface area contributed by atoms with E-state index >= 15 is 0 Å². The standard InChI is InChI=1S/C17H15ClF2N2O4/c18-14-6-3-12(9-22-14)16(24)25-10-15(23)21-8-7-11-1-4-13(5-2-11)26-17(19)20/h1-6,9,17H,7-8,10H2,(H,21,23). The number of aromatic nitrogens is 1. The predicted octanol–water partition coefficient (Wildman–Crippen LogP) is 2.85. The Bertz CT molecular complexity index is 739. The lowest BCUT2D eigenvalue weighted by Gasteiger charge is -2.08. The van der Waals surface area contributed by atoms with Crippen LogP contribution in [0.3, 0.4) is 0 Å². The molecule has 1 N–H and O–H groups in total. The molecule has 0 unspecified atom stereocenters. The molecule has 0 aliphatic heterocycles. The van der Waals surface area contributed by atoms with Crippen LogP contribution in [0.5, 0.6) is 5.75 Å². The zero-order valence-corrected chi connectivity index (χ0v) is 14.2. The maximum Gasteiger partial charge on any atom is 0.387 e. The Morgan fingerprint density at radius 1 is 1.15 bits per heavy atom. The molecule has 0 fully saturated rings. The van der Waals surface area contributed by atoms with Gasteiger partial charge in [0.1, 0.15) is 10.9 Å². The van der Waals surface area contributed by atoms with Gasteiger partial charge in [0.15, 0.2) is 6.61 Å². The number of pyridine rings is 1. The molecule has 0 aliphatic rings. The van der Waals surface area contributed by atoms with Crippen LogP contribution in [0.25, 0.3) is 0 Å². The van der Waals surface area contributed by atoms with Crippen LogP contribution in [0, 0.1) is 0 Å². The first kappa shape index (κ1) is 19.6. The second kappa shape index (κ2) is 9.67. The van der Waals surface area contributed by atoms with Crippen molar-refractivity contribution in [1.29, 1.82) is 0 Å². The monoisotopic (exact) mass is 384 g/mol. The number of amides is 1. The van der Waals surface area contributed by atoms with E-state index in [4.69, 9.17) is 16.3 Å². The molecule has 0 bridgehead atoms. The van der Waals surface area contributed by atoms with Crippen LogP contribution < -0.4 is 10.1 Å². The maximum atomic E-state index is 12.1. The number of carbonyl (C=O) groups is 2. The van der Waals surface area contributed by atoms with Crippen LogP contribution in [0.4, 0.5) is 8.78 Å². The second-order valence-electron chi connectivity index (χ2n) is 5.07. The van der Waals surface area contributed by atoms with Gasteiger partial charge in [0.05, 0.1) is 5.56 Å². The van der Waals surface area contributed by atoms with Gasteiger partial charge in [0, 0.05) is 12.7 Å². The Hall–Kier alpha value is -2.74. The number of halogens is 3. The van der Waals surface area contributed by atoms with Gasteiger partial charge in [0.25, 0.3) is 5.91 Å². The van der Waals surface area contributed by atoms with Gasteiger partial charge in [0.2, 0.25) is 0 Å². The fourth-order valence-corrected chi connectivity index (χ4v) is 2.06. The number of benzene rings is 1. The third kappa shape index (κ3) is 6.64. The van der Waals surface area contributed by atoms with Gasteiger partial charge in [-0.25, -0.2) is 9.78 Å². The molecule has 1 aromatic carbocycles. The molecule has 0 saturated carbocycles.